The van der Waals surface area contributed by atoms with Crippen LogP contribution in [0.1, 0.15) is 25.5 Å². The van der Waals surface area contributed by atoms with E-state index in [2.05, 4.69) is 46.0 Å². The van der Waals surface area contributed by atoms with E-state index in [9.17, 15) is 5.11 Å². The molecular weight excluding hydrogens is 308 g/mol. The van der Waals surface area contributed by atoms with Gasteiger partial charge in [0, 0.05) is 24.8 Å². The lowest BCUT2D eigenvalue weighted by Crippen LogP contribution is -2.01. The number of aromatic hydroxyl groups is 1. The number of aromatic nitrogens is 3. The minimum Gasteiger partial charge on any atom is -0.508 e. The summed E-state index contributed by atoms with van der Waals surface area (Å²) in [6, 6.07) is 5.87. The fraction of sp³-hybridized carbons (Fsp3) is 0.294. The molecule has 0 atom stereocenters. The Hall–Kier alpha value is -2.21. The van der Waals surface area contributed by atoms with Crippen molar-refractivity contribution < 1.29 is 5.11 Å². The minimum absolute atomic E-state index is 0.250. The Morgan fingerprint density at radius 1 is 1.30 bits per heavy atom. The second-order valence-corrected chi connectivity index (χ2v) is 5.77. The zero-order valence-electron chi connectivity index (χ0n) is 15.7. The molecule has 0 unspecified atom stereocenters. The van der Waals surface area contributed by atoms with Crippen molar-refractivity contribution in [1.82, 2.24) is 14.5 Å². The van der Waals surface area contributed by atoms with Crippen LogP contribution >= 0.6 is 13.3 Å². The van der Waals surface area contributed by atoms with E-state index in [-0.39, 0.29) is 25.1 Å². The number of phenols is 1. The lowest BCUT2D eigenvalue weighted by atomic mass is 10.0. The van der Waals surface area contributed by atoms with Crippen LogP contribution in [0.5, 0.6) is 5.75 Å². The van der Waals surface area contributed by atoms with Gasteiger partial charge in [0.15, 0.2) is 0 Å². The minimum atomic E-state index is 0.250. The summed E-state index contributed by atoms with van der Waals surface area (Å²) in [6.45, 7) is 6.22. The maximum atomic E-state index is 9.92. The molecule has 3 rings (SSSR count). The van der Waals surface area contributed by atoms with Crippen LogP contribution in [0.2, 0.25) is 0 Å². The molecule has 0 saturated heterocycles. The lowest BCUT2D eigenvalue weighted by Gasteiger charge is -2.08. The third-order valence-electron chi connectivity index (χ3n) is 3.78. The maximum Gasteiger partial charge on any atom is 0.146 e. The van der Waals surface area contributed by atoms with Crippen molar-refractivity contribution in [2.24, 2.45) is 0 Å². The number of nitrogens with zero attached hydrogens (tertiary/aromatic N) is 3. The molecule has 0 radical (unpaired) electrons. The van der Waals surface area contributed by atoms with Crippen LogP contribution in [-0.2, 0) is 0 Å². The summed E-state index contributed by atoms with van der Waals surface area (Å²) in [6.07, 6.45) is 3.66. The molecular formula is C17H22N4OS. The van der Waals surface area contributed by atoms with Crippen LogP contribution in [0.3, 0.4) is 0 Å². The fourth-order valence-electron chi connectivity index (χ4n) is 2.81. The third-order valence-corrected chi connectivity index (χ3v) is 3.78. The van der Waals surface area contributed by atoms with E-state index in [1.807, 2.05) is 14.0 Å². The average Bonchev–Trinajstić information content (AvgIpc) is 2.94. The van der Waals surface area contributed by atoms with E-state index < -0.39 is 0 Å². The number of anilines is 1. The summed E-state index contributed by atoms with van der Waals surface area (Å²) < 4.78 is 13.7. The van der Waals surface area contributed by atoms with Gasteiger partial charge in [0.2, 0.25) is 0 Å². The molecule has 0 aliphatic rings. The zero-order valence-corrected chi connectivity index (χ0v) is 14.5. The number of rotatable bonds is 3. The second-order valence-electron chi connectivity index (χ2n) is 5.77. The Balaban J connectivity index is 0.000000701. The molecule has 0 saturated carbocycles. The van der Waals surface area contributed by atoms with Crippen molar-refractivity contribution >= 4 is 30.2 Å². The van der Waals surface area contributed by atoms with Crippen molar-refractivity contribution in [3.05, 3.63) is 36.3 Å². The summed E-state index contributed by atoms with van der Waals surface area (Å²) in [5.74, 6) is 1.06. The van der Waals surface area contributed by atoms with E-state index in [0.717, 1.165) is 33.5 Å². The first-order valence-electron chi connectivity index (χ1n) is 8.17. The Morgan fingerprint density at radius 3 is 2.65 bits per heavy atom. The van der Waals surface area contributed by atoms with Crippen molar-refractivity contribution in [1.29, 1.82) is 2.25 Å². The molecule has 0 amide bonds. The van der Waals surface area contributed by atoms with Crippen LogP contribution < -0.4 is 5.32 Å². The maximum absolute atomic E-state index is 9.92. The quantitative estimate of drug-likeness (QED) is 0.765. The molecule has 0 bridgehead atoms. The monoisotopic (exact) mass is 332 g/mol. The highest BCUT2D eigenvalue weighted by atomic mass is 32.1. The molecule has 1 aromatic carbocycles. The Kier molecular flexibility index (Phi) is 4.06. The van der Waals surface area contributed by atoms with Crippen LogP contribution in [0.25, 0.3) is 22.2 Å². The Morgan fingerprint density at radius 2 is 2.04 bits per heavy atom. The lowest BCUT2D eigenvalue weighted by molar-refractivity contribution is 0.475. The van der Waals surface area contributed by atoms with E-state index in [0.29, 0.717) is 0 Å². The molecule has 0 fully saturated rings. The Labute approximate surface area is 145 Å². The van der Waals surface area contributed by atoms with Crippen LogP contribution in [-0.4, -0.2) is 28.9 Å². The van der Waals surface area contributed by atoms with Gasteiger partial charge >= 0.3 is 0 Å². The molecule has 0 spiro atoms. The standard InChI is InChI=1S/C17H20N4O.H2S/c1-10(2)21-8-14(12-5-11(3)6-13(22)7-12)15-16(18-4)19-9-20-17(15)21;/h5-10,22H,1-4H3,(H,18,19,20);1H2/i/hD2. The first kappa shape index (κ1) is 14.4. The third kappa shape index (κ3) is 2.99. The van der Waals surface area contributed by atoms with Gasteiger partial charge in [0.25, 0.3) is 0 Å². The summed E-state index contributed by atoms with van der Waals surface area (Å²) in [5.41, 5.74) is 3.90. The molecule has 2 aromatic heterocycles. The van der Waals surface area contributed by atoms with Gasteiger partial charge in [-0.2, -0.15) is 13.3 Å². The summed E-state index contributed by atoms with van der Waals surface area (Å²) in [4.78, 5) is 8.78. The topological polar surface area (TPSA) is 63.0 Å². The molecule has 2 N–H and O–H groups in total. The number of benzene rings is 1. The smallest absolute Gasteiger partial charge is 0.146 e. The average molecular weight is 332 g/mol. The normalized spacial score (nSPS) is 11.7. The van der Waals surface area contributed by atoms with Crippen LogP contribution in [0, 0.1) is 6.92 Å². The highest BCUT2D eigenvalue weighted by Crippen LogP contribution is 2.36. The van der Waals surface area contributed by atoms with E-state index in [1.165, 1.54) is 0 Å². The van der Waals surface area contributed by atoms with Gasteiger partial charge in [-0.3, -0.25) is 0 Å². The fourth-order valence-corrected chi connectivity index (χ4v) is 2.81. The van der Waals surface area contributed by atoms with Crippen molar-refractivity contribution in [3.63, 3.8) is 0 Å². The SMILES string of the molecule is CNc1ncnc2c1c(-c1cc(C)cc(O)c1)cn2C(C)C.[2H]S[2H]. The number of phenolic OH excluding ortho intramolecular Hbond substituents is 1. The summed E-state index contributed by atoms with van der Waals surface area (Å²) in [5, 5.41) is 14.0. The van der Waals surface area contributed by atoms with Crippen molar-refractivity contribution in [2.45, 2.75) is 26.8 Å². The van der Waals surface area contributed by atoms with Crippen molar-refractivity contribution in [2.75, 3.05) is 12.4 Å². The molecule has 0 aliphatic heterocycles. The van der Waals surface area contributed by atoms with Gasteiger partial charge in [-0.05, 0) is 44.0 Å². The molecule has 6 heteroatoms. The van der Waals surface area contributed by atoms with Gasteiger partial charge in [-0.25, -0.2) is 9.97 Å². The predicted molar refractivity (Wildman–Crippen MR) is 99.7 cm³/mol. The zero-order chi connectivity index (χ0) is 18.6. The molecule has 5 nitrogen and oxygen atoms in total. The molecule has 122 valence electrons. The molecule has 2 heterocycles. The van der Waals surface area contributed by atoms with Gasteiger partial charge in [-0.1, -0.05) is 6.07 Å². The molecule has 3 aromatic rings. The van der Waals surface area contributed by atoms with Crippen LogP contribution in [0.15, 0.2) is 30.7 Å². The molecule has 0 aliphatic carbocycles. The number of fused-ring (bicyclic) bond motifs is 1. The van der Waals surface area contributed by atoms with Gasteiger partial charge in [-0.15, -0.1) is 0 Å². The largest absolute Gasteiger partial charge is 0.508 e. The predicted octanol–water partition coefficient (Wildman–Crippen LogP) is 3.85. The number of aryl methyl sites for hydroxylation is 1. The van der Waals surface area contributed by atoms with Gasteiger partial charge in [0.05, 0.1) is 7.63 Å². The van der Waals surface area contributed by atoms with E-state index in [1.54, 1.807) is 18.5 Å². The summed E-state index contributed by atoms with van der Waals surface area (Å²) in [7, 11) is 1.85. The van der Waals surface area contributed by atoms with Crippen molar-refractivity contribution in [3.8, 4) is 16.9 Å². The number of nitrogens with one attached hydrogen (secondary N) is 1. The number of hydrogen-bond acceptors (Lipinski definition) is 4. The first-order chi connectivity index (χ1) is 11.9. The highest BCUT2D eigenvalue weighted by molar-refractivity contribution is 7.59. The summed E-state index contributed by atoms with van der Waals surface area (Å²) >= 11 is 0.250. The van der Waals surface area contributed by atoms with Crippen LogP contribution in [0.4, 0.5) is 5.82 Å². The van der Waals surface area contributed by atoms with Gasteiger partial charge < -0.3 is 15.0 Å². The van der Waals surface area contributed by atoms with Gasteiger partial charge in [0.1, 0.15) is 23.5 Å². The van der Waals surface area contributed by atoms with E-state index >= 15 is 0 Å². The van der Waals surface area contributed by atoms with E-state index in [4.69, 9.17) is 2.25 Å². The Bertz CT molecular complexity index is 847. The highest BCUT2D eigenvalue weighted by Gasteiger charge is 2.17. The first-order valence-corrected chi connectivity index (χ1v) is 7.35. The number of hydrogen-bond donors (Lipinski definition) is 2. The second kappa shape index (κ2) is 6.50. The molecule has 23 heavy (non-hydrogen) atoms.